The van der Waals surface area contributed by atoms with Crippen LogP contribution in [0.3, 0.4) is 0 Å². The third-order valence-electron chi connectivity index (χ3n) is 2.34. The lowest BCUT2D eigenvalue weighted by Crippen LogP contribution is -2.07. The summed E-state index contributed by atoms with van der Waals surface area (Å²) in [6.45, 7) is 9.93. The Balaban J connectivity index is 2.79. The van der Waals surface area contributed by atoms with Gasteiger partial charge in [-0.05, 0) is 13.3 Å². The molecule has 17 heavy (non-hydrogen) atoms. The van der Waals surface area contributed by atoms with Gasteiger partial charge in [0, 0.05) is 18.5 Å². The van der Waals surface area contributed by atoms with Crippen molar-refractivity contribution in [2.24, 2.45) is 0 Å². The van der Waals surface area contributed by atoms with E-state index in [1.165, 1.54) is 0 Å². The van der Waals surface area contributed by atoms with Crippen molar-refractivity contribution in [2.45, 2.75) is 46.5 Å². The molecule has 96 valence electrons. The zero-order valence-corrected chi connectivity index (χ0v) is 11.3. The van der Waals surface area contributed by atoms with Crippen LogP contribution >= 0.6 is 0 Å². The van der Waals surface area contributed by atoms with E-state index in [0.717, 1.165) is 37.6 Å². The second-order valence-corrected chi connectivity index (χ2v) is 4.34. The number of hydrogen-bond acceptors (Lipinski definition) is 4. The second kappa shape index (κ2) is 7.09. The molecule has 1 rings (SSSR count). The highest BCUT2D eigenvalue weighted by Gasteiger charge is 2.08. The van der Waals surface area contributed by atoms with Gasteiger partial charge in [-0.2, -0.15) is 4.98 Å². The van der Waals surface area contributed by atoms with Gasteiger partial charge in [0.25, 0.3) is 0 Å². The monoisotopic (exact) mass is 237 g/mol. The van der Waals surface area contributed by atoms with Crippen molar-refractivity contribution < 1.29 is 4.74 Å². The van der Waals surface area contributed by atoms with Gasteiger partial charge in [-0.3, -0.25) is 0 Å². The van der Waals surface area contributed by atoms with Crippen LogP contribution in [-0.2, 0) is 0 Å². The fourth-order valence-corrected chi connectivity index (χ4v) is 1.37. The van der Waals surface area contributed by atoms with Gasteiger partial charge in [-0.15, -0.1) is 0 Å². The minimum Gasteiger partial charge on any atom is -0.478 e. The summed E-state index contributed by atoms with van der Waals surface area (Å²) in [5, 5.41) is 3.20. The van der Waals surface area contributed by atoms with Crippen molar-refractivity contribution in [3.05, 3.63) is 11.9 Å². The molecule has 0 aliphatic heterocycles. The average Bonchev–Trinajstić information content (AvgIpc) is 2.29. The Bertz CT molecular complexity index is 339. The first-order chi connectivity index (χ1) is 8.17. The first-order valence-corrected chi connectivity index (χ1v) is 6.43. The Kier molecular flexibility index (Phi) is 5.73. The summed E-state index contributed by atoms with van der Waals surface area (Å²) in [6.07, 6.45) is 2.18. The predicted molar refractivity (Wildman–Crippen MR) is 70.7 cm³/mol. The summed E-state index contributed by atoms with van der Waals surface area (Å²) >= 11 is 0. The molecule has 1 N–H and O–H groups in total. The number of rotatable bonds is 7. The van der Waals surface area contributed by atoms with Crippen LogP contribution in [0.1, 0.15) is 52.3 Å². The number of anilines is 1. The maximum Gasteiger partial charge on any atom is 0.218 e. The lowest BCUT2D eigenvalue weighted by atomic mass is 10.2. The minimum atomic E-state index is 0.308. The maximum absolute atomic E-state index is 5.63. The van der Waals surface area contributed by atoms with Gasteiger partial charge in [0.2, 0.25) is 5.88 Å². The molecule has 0 saturated heterocycles. The zero-order valence-electron chi connectivity index (χ0n) is 11.3. The molecule has 0 fully saturated rings. The van der Waals surface area contributed by atoms with E-state index in [1.807, 2.05) is 6.07 Å². The average molecular weight is 237 g/mol. The van der Waals surface area contributed by atoms with Crippen LogP contribution in [0, 0.1) is 0 Å². The molecule has 1 heterocycles. The molecule has 0 saturated carbocycles. The number of aromatic nitrogens is 2. The van der Waals surface area contributed by atoms with E-state index in [4.69, 9.17) is 4.74 Å². The van der Waals surface area contributed by atoms with Gasteiger partial charge in [-0.25, -0.2) is 4.98 Å². The highest BCUT2D eigenvalue weighted by molar-refractivity contribution is 5.38. The van der Waals surface area contributed by atoms with Crippen LogP contribution in [0.15, 0.2) is 6.07 Å². The van der Waals surface area contributed by atoms with Crippen molar-refractivity contribution in [2.75, 3.05) is 18.5 Å². The lowest BCUT2D eigenvalue weighted by Gasteiger charge is -2.11. The van der Waals surface area contributed by atoms with E-state index < -0.39 is 0 Å². The van der Waals surface area contributed by atoms with Gasteiger partial charge >= 0.3 is 0 Å². The van der Waals surface area contributed by atoms with Crippen molar-refractivity contribution >= 4 is 5.82 Å². The van der Waals surface area contributed by atoms with Crippen molar-refractivity contribution in [1.82, 2.24) is 9.97 Å². The van der Waals surface area contributed by atoms with E-state index in [0.29, 0.717) is 11.8 Å². The smallest absolute Gasteiger partial charge is 0.218 e. The first kappa shape index (κ1) is 13.7. The maximum atomic E-state index is 5.63. The molecule has 0 unspecified atom stereocenters. The number of hydrogen-bond donors (Lipinski definition) is 1. The highest BCUT2D eigenvalue weighted by atomic mass is 16.5. The first-order valence-electron chi connectivity index (χ1n) is 6.43. The molecule has 0 spiro atoms. The number of ether oxygens (including phenoxy) is 1. The van der Waals surface area contributed by atoms with Crippen LogP contribution in [0.5, 0.6) is 5.88 Å². The minimum absolute atomic E-state index is 0.308. The molecule has 0 amide bonds. The van der Waals surface area contributed by atoms with Gasteiger partial charge in [0.1, 0.15) is 11.6 Å². The largest absolute Gasteiger partial charge is 0.478 e. The molecule has 0 radical (unpaired) electrons. The van der Waals surface area contributed by atoms with Crippen molar-refractivity contribution in [3.8, 4) is 5.88 Å². The number of unbranched alkanes of at least 4 members (excludes halogenated alkanes) is 1. The molecule has 0 aliphatic rings. The summed E-state index contributed by atoms with van der Waals surface area (Å²) in [5.74, 6) is 2.66. The molecule has 0 aromatic carbocycles. The zero-order chi connectivity index (χ0) is 12.7. The van der Waals surface area contributed by atoms with Crippen molar-refractivity contribution in [1.29, 1.82) is 0 Å². The van der Waals surface area contributed by atoms with Gasteiger partial charge in [0.15, 0.2) is 0 Å². The van der Waals surface area contributed by atoms with E-state index >= 15 is 0 Å². The summed E-state index contributed by atoms with van der Waals surface area (Å²) in [7, 11) is 0. The summed E-state index contributed by atoms with van der Waals surface area (Å²) < 4.78 is 5.63. The van der Waals surface area contributed by atoms with Crippen molar-refractivity contribution in [3.63, 3.8) is 0 Å². The highest BCUT2D eigenvalue weighted by Crippen LogP contribution is 2.18. The van der Waals surface area contributed by atoms with E-state index in [2.05, 4.69) is 43.0 Å². The van der Waals surface area contributed by atoms with Crippen LogP contribution in [0.25, 0.3) is 0 Å². The molecular formula is C13H23N3O. The Morgan fingerprint density at radius 3 is 2.65 bits per heavy atom. The summed E-state index contributed by atoms with van der Waals surface area (Å²) in [6, 6.07) is 1.87. The van der Waals surface area contributed by atoms with E-state index in [-0.39, 0.29) is 0 Å². The molecule has 4 heteroatoms. The Morgan fingerprint density at radius 1 is 1.29 bits per heavy atom. The number of nitrogens with one attached hydrogen (secondary N) is 1. The predicted octanol–water partition coefficient (Wildman–Crippen LogP) is 3.21. The standard InChI is InChI=1S/C13H23N3O/c1-5-7-8-17-12-9-11(14-6-2)15-13(16-12)10(3)4/h9-10H,5-8H2,1-4H3,(H,14,15,16). The van der Waals surface area contributed by atoms with Gasteiger partial charge < -0.3 is 10.1 Å². The molecule has 0 aliphatic carbocycles. The molecular weight excluding hydrogens is 214 g/mol. The topological polar surface area (TPSA) is 47.0 Å². The third kappa shape index (κ3) is 4.59. The second-order valence-electron chi connectivity index (χ2n) is 4.34. The van der Waals surface area contributed by atoms with Crippen LogP contribution in [-0.4, -0.2) is 23.1 Å². The Hall–Kier alpha value is -1.32. The van der Waals surface area contributed by atoms with E-state index in [1.54, 1.807) is 0 Å². The molecule has 1 aromatic rings. The molecule has 4 nitrogen and oxygen atoms in total. The lowest BCUT2D eigenvalue weighted by molar-refractivity contribution is 0.296. The Labute approximate surface area is 104 Å². The van der Waals surface area contributed by atoms with Gasteiger partial charge in [0.05, 0.1) is 6.61 Å². The van der Waals surface area contributed by atoms with Crippen LogP contribution < -0.4 is 10.1 Å². The number of nitrogens with zero attached hydrogens (tertiary/aromatic N) is 2. The molecule has 0 atom stereocenters. The fraction of sp³-hybridized carbons (Fsp3) is 0.692. The summed E-state index contributed by atoms with van der Waals surface area (Å²) in [5.41, 5.74) is 0. The molecule has 0 bridgehead atoms. The fourth-order valence-electron chi connectivity index (χ4n) is 1.37. The van der Waals surface area contributed by atoms with E-state index in [9.17, 15) is 0 Å². The SMILES string of the molecule is CCCCOc1cc(NCC)nc(C(C)C)n1. The normalized spacial score (nSPS) is 10.6. The van der Waals surface area contributed by atoms with Crippen LogP contribution in [0.2, 0.25) is 0 Å². The van der Waals surface area contributed by atoms with Crippen LogP contribution in [0.4, 0.5) is 5.82 Å². The summed E-state index contributed by atoms with van der Waals surface area (Å²) in [4.78, 5) is 8.86. The Morgan fingerprint density at radius 2 is 2.06 bits per heavy atom. The molecule has 1 aromatic heterocycles. The third-order valence-corrected chi connectivity index (χ3v) is 2.34. The van der Waals surface area contributed by atoms with Gasteiger partial charge in [-0.1, -0.05) is 27.2 Å². The quantitative estimate of drug-likeness (QED) is 0.740.